The van der Waals surface area contributed by atoms with Gasteiger partial charge in [0, 0.05) is 12.0 Å². The highest BCUT2D eigenvalue weighted by Gasteiger charge is 2.54. The maximum absolute atomic E-state index is 9.22. The Morgan fingerprint density at radius 3 is 2.40 bits per heavy atom. The third-order valence-electron chi connectivity index (χ3n) is 3.70. The Bertz CT molecular complexity index is 343. The van der Waals surface area contributed by atoms with Crippen LogP contribution in [0.2, 0.25) is 0 Å². The SMILES string of the molecule is CC1=C(C#N)C(C)(C)C2(CC1)OCCO2. The Balaban J connectivity index is 2.46. The van der Waals surface area contributed by atoms with Gasteiger partial charge in [-0.25, -0.2) is 0 Å². The molecule has 1 spiro atoms. The molecule has 0 bridgehead atoms. The van der Waals surface area contributed by atoms with Crippen molar-refractivity contribution < 1.29 is 9.47 Å². The molecule has 0 N–H and O–H groups in total. The molecule has 1 saturated heterocycles. The van der Waals surface area contributed by atoms with Crippen LogP contribution in [-0.2, 0) is 9.47 Å². The van der Waals surface area contributed by atoms with Crippen molar-refractivity contribution in [2.45, 2.75) is 39.4 Å². The molecule has 2 aliphatic rings. The Morgan fingerprint density at radius 2 is 1.87 bits per heavy atom. The highest BCUT2D eigenvalue weighted by atomic mass is 16.7. The molecule has 1 aliphatic heterocycles. The van der Waals surface area contributed by atoms with Crippen LogP contribution < -0.4 is 0 Å². The molecule has 1 fully saturated rings. The summed E-state index contributed by atoms with van der Waals surface area (Å²) in [5.74, 6) is -0.558. The molecular weight excluding hydrogens is 190 g/mol. The zero-order valence-corrected chi connectivity index (χ0v) is 9.59. The molecule has 3 heteroatoms. The minimum Gasteiger partial charge on any atom is -0.347 e. The van der Waals surface area contributed by atoms with Gasteiger partial charge in [0.15, 0.2) is 5.79 Å². The van der Waals surface area contributed by atoms with Crippen molar-refractivity contribution in [3.05, 3.63) is 11.1 Å². The highest BCUT2D eigenvalue weighted by molar-refractivity contribution is 5.37. The number of allylic oxidation sites excluding steroid dienone is 1. The van der Waals surface area contributed by atoms with Gasteiger partial charge in [0.2, 0.25) is 0 Å². The highest BCUT2D eigenvalue weighted by Crippen LogP contribution is 2.51. The summed E-state index contributed by atoms with van der Waals surface area (Å²) in [7, 11) is 0. The lowest BCUT2D eigenvalue weighted by molar-refractivity contribution is -0.222. The molecule has 3 nitrogen and oxygen atoms in total. The van der Waals surface area contributed by atoms with Crippen molar-refractivity contribution in [3.63, 3.8) is 0 Å². The molecule has 0 aromatic heterocycles. The van der Waals surface area contributed by atoms with Crippen molar-refractivity contribution in [1.29, 1.82) is 5.26 Å². The summed E-state index contributed by atoms with van der Waals surface area (Å²) in [6.45, 7) is 7.39. The van der Waals surface area contributed by atoms with Crippen LogP contribution in [0.3, 0.4) is 0 Å². The van der Waals surface area contributed by atoms with E-state index >= 15 is 0 Å². The van der Waals surface area contributed by atoms with Crippen LogP contribution in [0.15, 0.2) is 11.1 Å². The summed E-state index contributed by atoms with van der Waals surface area (Å²) in [4.78, 5) is 0. The second-order valence-corrected chi connectivity index (χ2v) is 4.84. The first-order valence-corrected chi connectivity index (χ1v) is 5.42. The van der Waals surface area contributed by atoms with Crippen LogP contribution >= 0.6 is 0 Å². The van der Waals surface area contributed by atoms with Gasteiger partial charge in [0.1, 0.15) is 0 Å². The summed E-state index contributed by atoms with van der Waals surface area (Å²) in [5.41, 5.74) is 1.67. The van der Waals surface area contributed by atoms with Gasteiger partial charge in [0.25, 0.3) is 0 Å². The molecule has 1 heterocycles. The first-order chi connectivity index (χ1) is 7.03. The number of rotatable bonds is 0. The van der Waals surface area contributed by atoms with Crippen LogP contribution in [0.1, 0.15) is 33.6 Å². The lowest BCUT2D eigenvalue weighted by atomic mass is 9.68. The molecule has 0 saturated carbocycles. The quantitative estimate of drug-likeness (QED) is 0.612. The molecular formula is C12H17NO2. The van der Waals surface area contributed by atoms with Gasteiger partial charge in [-0.2, -0.15) is 5.26 Å². The van der Waals surface area contributed by atoms with E-state index in [2.05, 4.69) is 6.07 Å². The molecule has 2 rings (SSSR count). The minimum atomic E-state index is -0.558. The number of hydrogen-bond donors (Lipinski definition) is 0. The number of ether oxygens (including phenoxy) is 2. The third-order valence-corrected chi connectivity index (χ3v) is 3.70. The molecule has 0 atom stereocenters. The monoisotopic (exact) mass is 207 g/mol. The summed E-state index contributed by atoms with van der Waals surface area (Å²) >= 11 is 0. The van der Waals surface area contributed by atoms with Crippen molar-refractivity contribution in [2.24, 2.45) is 5.41 Å². The fourth-order valence-corrected chi connectivity index (χ4v) is 2.71. The second kappa shape index (κ2) is 3.33. The molecule has 15 heavy (non-hydrogen) atoms. The van der Waals surface area contributed by atoms with Gasteiger partial charge in [-0.1, -0.05) is 5.57 Å². The van der Waals surface area contributed by atoms with E-state index in [0.29, 0.717) is 13.2 Å². The number of nitrogens with zero attached hydrogens (tertiary/aromatic N) is 1. The lowest BCUT2D eigenvalue weighted by Crippen LogP contribution is -2.49. The standard InChI is InChI=1S/C12H17NO2/c1-9-4-5-12(14-6-7-15-12)11(2,3)10(9)8-13/h4-7H2,1-3H3. The predicted octanol–water partition coefficient (Wildman–Crippen LogP) is 2.39. The summed E-state index contributed by atoms with van der Waals surface area (Å²) in [5, 5.41) is 9.22. The largest absolute Gasteiger partial charge is 0.347 e. The average Bonchev–Trinajstić information content (AvgIpc) is 2.63. The number of nitriles is 1. The molecule has 82 valence electrons. The Labute approximate surface area is 90.7 Å². The minimum absolute atomic E-state index is 0.333. The van der Waals surface area contributed by atoms with Gasteiger partial charge in [0.05, 0.1) is 24.7 Å². The van der Waals surface area contributed by atoms with Crippen LogP contribution in [-0.4, -0.2) is 19.0 Å². The van der Waals surface area contributed by atoms with Crippen molar-refractivity contribution in [2.75, 3.05) is 13.2 Å². The van der Waals surface area contributed by atoms with E-state index in [0.717, 1.165) is 18.4 Å². The van der Waals surface area contributed by atoms with Gasteiger partial charge >= 0.3 is 0 Å². The Kier molecular flexibility index (Phi) is 2.37. The lowest BCUT2D eigenvalue weighted by Gasteiger charge is -2.45. The average molecular weight is 207 g/mol. The van der Waals surface area contributed by atoms with Crippen LogP contribution in [0.25, 0.3) is 0 Å². The molecule has 0 radical (unpaired) electrons. The fourth-order valence-electron chi connectivity index (χ4n) is 2.71. The molecule has 0 amide bonds. The smallest absolute Gasteiger partial charge is 0.178 e. The van der Waals surface area contributed by atoms with E-state index in [9.17, 15) is 5.26 Å². The summed E-state index contributed by atoms with van der Waals surface area (Å²) < 4.78 is 11.5. The van der Waals surface area contributed by atoms with E-state index < -0.39 is 5.79 Å². The Hall–Kier alpha value is -0.850. The van der Waals surface area contributed by atoms with Crippen LogP contribution in [0, 0.1) is 16.7 Å². The van der Waals surface area contributed by atoms with Gasteiger partial charge < -0.3 is 9.47 Å². The van der Waals surface area contributed by atoms with E-state index in [4.69, 9.17) is 9.47 Å². The normalized spacial score (nSPS) is 28.1. The van der Waals surface area contributed by atoms with Gasteiger partial charge in [-0.15, -0.1) is 0 Å². The zero-order valence-electron chi connectivity index (χ0n) is 9.59. The van der Waals surface area contributed by atoms with Gasteiger partial charge in [-0.05, 0) is 27.2 Å². The van der Waals surface area contributed by atoms with Gasteiger partial charge in [-0.3, -0.25) is 0 Å². The molecule has 0 aromatic carbocycles. The third kappa shape index (κ3) is 1.32. The molecule has 0 unspecified atom stereocenters. The van der Waals surface area contributed by atoms with E-state index in [-0.39, 0.29) is 5.41 Å². The molecule has 0 aromatic rings. The summed E-state index contributed by atoms with van der Waals surface area (Å²) in [6.07, 6.45) is 1.75. The first-order valence-electron chi connectivity index (χ1n) is 5.42. The number of hydrogen-bond acceptors (Lipinski definition) is 3. The second-order valence-electron chi connectivity index (χ2n) is 4.84. The summed E-state index contributed by atoms with van der Waals surface area (Å²) in [6, 6.07) is 2.31. The van der Waals surface area contributed by atoms with Crippen molar-refractivity contribution in [3.8, 4) is 6.07 Å². The fraction of sp³-hybridized carbons (Fsp3) is 0.750. The van der Waals surface area contributed by atoms with E-state index in [1.165, 1.54) is 5.57 Å². The first kappa shape index (κ1) is 10.7. The maximum atomic E-state index is 9.22. The molecule has 1 aliphatic carbocycles. The Morgan fingerprint density at radius 1 is 1.27 bits per heavy atom. The van der Waals surface area contributed by atoms with Crippen molar-refractivity contribution in [1.82, 2.24) is 0 Å². The maximum Gasteiger partial charge on any atom is 0.178 e. The zero-order chi connectivity index (χ0) is 11.1. The van der Waals surface area contributed by atoms with E-state index in [1.807, 2.05) is 20.8 Å². The van der Waals surface area contributed by atoms with Crippen molar-refractivity contribution >= 4 is 0 Å². The topological polar surface area (TPSA) is 42.2 Å². The predicted molar refractivity (Wildman–Crippen MR) is 56.0 cm³/mol. The van der Waals surface area contributed by atoms with E-state index in [1.54, 1.807) is 0 Å². The van der Waals surface area contributed by atoms with Crippen LogP contribution in [0.4, 0.5) is 0 Å². The van der Waals surface area contributed by atoms with Crippen LogP contribution in [0.5, 0.6) is 0 Å².